The number of hydrogen-bond acceptors (Lipinski definition) is 3. The van der Waals surface area contributed by atoms with E-state index < -0.39 is 5.97 Å². The van der Waals surface area contributed by atoms with E-state index in [0.29, 0.717) is 0 Å². The molecule has 0 saturated carbocycles. The first-order chi connectivity index (χ1) is 5.65. The van der Waals surface area contributed by atoms with Crippen molar-refractivity contribution < 1.29 is 15.1 Å². The van der Waals surface area contributed by atoms with Crippen LogP contribution >= 0.6 is 11.6 Å². The van der Waals surface area contributed by atoms with Gasteiger partial charge in [-0.15, -0.1) is 0 Å². The lowest BCUT2D eigenvalue weighted by atomic mass is 10.2. The third kappa shape index (κ3) is 1.66. The zero-order valence-electron chi connectivity index (χ0n) is 5.91. The van der Waals surface area contributed by atoms with Crippen LogP contribution in [-0.2, 0) is 0 Å². The molecule has 0 amide bonds. The number of nitrogens with one attached hydrogen (secondary N) is 1. The quantitative estimate of drug-likeness (QED) is 0.618. The fraction of sp³-hybridized carbons (Fsp3) is 0. The van der Waals surface area contributed by atoms with Gasteiger partial charge in [-0.1, -0.05) is 11.6 Å². The van der Waals surface area contributed by atoms with Crippen LogP contribution in [0.25, 0.3) is 0 Å². The minimum Gasteiger partial charge on any atom is -0.478 e. The van der Waals surface area contributed by atoms with Crippen molar-refractivity contribution in [2.75, 3.05) is 5.48 Å². The lowest BCUT2D eigenvalue weighted by Gasteiger charge is -2.01. The minimum atomic E-state index is -1.13. The van der Waals surface area contributed by atoms with Crippen molar-refractivity contribution in [2.24, 2.45) is 0 Å². The number of aromatic carboxylic acids is 1. The van der Waals surface area contributed by atoms with Crippen LogP contribution < -0.4 is 5.48 Å². The maximum atomic E-state index is 10.5. The Morgan fingerprint density at radius 3 is 2.67 bits per heavy atom. The third-order valence-electron chi connectivity index (χ3n) is 1.33. The highest BCUT2D eigenvalue weighted by atomic mass is 35.5. The molecular weight excluding hydrogens is 182 g/mol. The molecule has 0 aliphatic heterocycles. The van der Waals surface area contributed by atoms with E-state index in [4.69, 9.17) is 21.9 Å². The highest BCUT2D eigenvalue weighted by molar-refractivity contribution is 6.33. The van der Waals surface area contributed by atoms with Gasteiger partial charge in [-0.3, -0.25) is 10.7 Å². The highest BCUT2D eigenvalue weighted by Gasteiger charge is 2.08. The second-order valence-electron chi connectivity index (χ2n) is 2.11. The summed E-state index contributed by atoms with van der Waals surface area (Å²) in [4.78, 5) is 10.5. The summed E-state index contributed by atoms with van der Waals surface area (Å²) < 4.78 is 0. The standard InChI is InChI=1S/C7H6ClNO3/c8-6-2-1-4(9-12)3-5(6)7(10)11/h1-3,9,12H,(H,10,11). The van der Waals surface area contributed by atoms with Crippen LogP contribution in [0.3, 0.4) is 0 Å². The average Bonchev–Trinajstić information content (AvgIpc) is 2.05. The molecule has 12 heavy (non-hydrogen) atoms. The molecule has 0 unspecified atom stereocenters. The van der Waals surface area contributed by atoms with Crippen molar-refractivity contribution in [1.29, 1.82) is 0 Å². The first-order valence-corrected chi connectivity index (χ1v) is 3.46. The zero-order valence-corrected chi connectivity index (χ0v) is 6.67. The minimum absolute atomic E-state index is 0.0456. The number of carbonyl (C=O) groups is 1. The monoisotopic (exact) mass is 187 g/mol. The second kappa shape index (κ2) is 3.42. The Balaban J connectivity index is 3.17. The summed E-state index contributed by atoms with van der Waals surface area (Å²) in [5, 5.41) is 17.2. The van der Waals surface area contributed by atoms with E-state index in [9.17, 15) is 4.79 Å². The summed E-state index contributed by atoms with van der Waals surface area (Å²) in [6, 6.07) is 4.10. The molecule has 3 N–H and O–H groups in total. The summed E-state index contributed by atoms with van der Waals surface area (Å²) >= 11 is 5.56. The maximum absolute atomic E-state index is 10.5. The average molecular weight is 188 g/mol. The zero-order chi connectivity index (χ0) is 9.14. The molecule has 0 aliphatic carbocycles. The predicted molar refractivity (Wildman–Crippen MR) is 43.8 cm³/mol. The van der Waals surface area contributed by atoms with Gasteiger partial charge in [0.1, 0.15) is 0 Å². The molecule has 0 heterocycles. The normalized spacial score (nSPS) is 9.50. The predicted octanol–water partition coefficient (Wildman–Crippen LogP) is 1.84. The van der Waals surface area contributed by atoms with E-state index in [1.54, 1.807) is 0 Å². The van der Waals surface area contributed by atoms with Crippen LogP contribution in [-0.4, -0.2) is 16.3 Å². The number of benzene rings is 1. The van der Waals surface area contributed by atoms with Crippen LogP contribution in [0.2, 0.25) is 5.02 Å². The molecule has 5 heteroatoms. The molecule has 0 atom stereocenters. The van der Waals surface area contributed by atoms with E-state index in [1.165, 1.54) is 18.2 Å². The van der Waals surface area contributed by atoms with Crippen molar-refractivity contribution in [3.05, 3.63) is 28.8 Å². The first-order valence-electron chi connectivity index (χ1n) is 3.08. The van der Waals surface area contributed by atoms with Gasteiger partial charge < -0.3 is 5.11 Å². The summed E-state index contributed by atoms with van der Waals surface area (Å²) in [5.74, 6) is -1.13. The Hall–Kier alpha value is -1.26. The van der Waals surface area contributed by atoms with Gasteiger partial charge in [0.15, 0.2) is 0 Å². The molecule has 0 saturated heterocycles. The van der Waals surface area contributed by atoms with Gasteiger partial charge in [0.25, 0.3) is 0 Å². The number of carboxylic acids is 1. The maximum Gasteiger partial charge on any atom is 0.337 e. The Morgan fingerprint density at radius 2 is 2.17 bits per heavy atom. The smallest absolute Gasteiger partial charge is 0.337 e. The van der Waals surface area contributed by atoms with Crippen LogP contribution in [0.4, 0.5) is 5.69 Å². The van der Waals surface area contributed by atoms with Gasteiger partial charge in [0, 0.05) is 0 Å². The van der Waals surface area contributed by atoms with Crippen molar-refractivity contribution in [3.8, 4) is 0 Å². The van der Waals surface area contributed by atoms with Crippen LogP contribution in [0, 0.1) is 0 Å². The Morgan fingerprint density at radius 1 is 1.50 bits per heavy atom. The van der Waals surface area contributed by atoms with E-state index >= 15 is 0 Å². The molecule has 0 radical (unpaired) electrons. The fourth-order valence-electron chi connectivity index (χ4n) is 0.759. The molecule has 4 nitrogen and oxygen atoms in total. The van der Waals surface area contributed by atoms with Crippen LogP contribution in [0.15, 0.2) is 18.2 Å². The molecule has 1 aromatic rings. The van der Waals surface area contributed by atoms with Gasteiger partial charge in [-0.2, -0.15) is 0 Å². The molecule has 0 aliphatic rings. The van der Waals surface area contributed by atoms with Gasteiger partial charge in [-0.25, -0.2) is 4.79 Å². The van der Waals surface area contributed by atoms with Crippen molar-refractivity contribution in [1.82, 2.24) is 0 Å². The number of hydrogen-bond donors (Lipinski definition) is 3. The van der Waals surface area contributed by atoms with Gasteiger partial charge >= 0.3 is 5.97 Å². The SMILES string of the molecule is O=C(O)c1cc(NO)ccc1Cl. The fourth-order valence-corrected chi connectivity index (χ4v) is 0.957. The molecule has 1 aromatic carbocycles. The summed E-state index contributed by atoms with van der Waals surface area (Å²) in [7, 11) is 0. The number of rotatable bonds is 2. The Kier molecular flexibility index (Phi) is 2.52. The van der Waals surface area contributed by atoms with E-state index in [-0.39, 0.29) is 16.3 Å². The molecular formula is C7H6ClNO3. The molecule has 0 spiro atoms. The van der Waals surface area contributed by atoms with E-state index in [1.807, 2.05) is 5.48 Å². The van der Waals surface area contributed by atoms with Crippen molar-refractivity contribution >= 4 is 23.3 Å². The number of carboxylic acid groups (broad SMARTS) is 1. The summed E-state index contributed by atoms with van der Waals surface area (Å²) in [6.07, 6.45) is 0. The highest BCUT2D eigenvalue weighted by Crippen LogP contribution is 2.19. The summed E-state index contributed by atoms with van der Waals surface area (Å²) in [5.41, 5.74) is 2.07. The van der Waals surface area contributed by atoms with Crippen LogP contribution in [0.5, 0.6) is 0 Å². The number of anilines is 1. The Labute approximate surface area is 73.4 Å². The molecule has 64 valence electrons. The van der Waals surface area contributed by atoms with Crippen molar-refractivity contribution in [2.45, 2.75) is 0 Å². The second-order valence-corrected chi connectivity index (χ2v) is 2.52. The lowest BCUT2D eigenvalue weighted by molar-refractivity contribution is 0.0697. The van der Waals surface area contributed by atoms with E-state index in [2.05, 4.69) is 0 Å². The molecule has 0 fully saturated rings. The topological polar surface area (TPSA) is 69.6 Å². The largest absolute Gasteiger partial charge is 0.478 e. The van der Waals surface area contributed by atoms with Crippen molar-refractivity contribution in [3.63, 3.8) is 0 Å². The van der Waals surface area contributed by atoms with Gasteiger partial charge in [0.05, 0.1) is 16.3 Å². The molecule has 0 bridgehead atoms. The number of halogens is 1. The van der Waals surface area contributed by atoms with Gasteiger partial charge in [-0.05, 0) is 18.2 Å². The lowest BCUT2D eigenvalue weighted by Crippen LogP contribution is -1.99. The first kappa shape index (κ1) is 8.83. The third-order valence-corrected chi connectivity index (χ3v) is 1.66. The van der Waals surface area contributed by atoms with E-state index in [0.717, 1.165) is 0 Å². The van der Waals surface area contributed by atoms with Crippen LogP contribution in [0.1, 0.15) is 10.4 Å². The molecule has 1 rings (SSSR count). The molecule has 0 aromatic heterocycles. The summed E-state index contributed by atoms with van der Waals surface area (Å²) in [6.45, 7) is 0. The van der Waals surface area contributed by atoms with Gasteiger partial charge in [0.2, 0.25) is 0 Å². The Bertz CT molecular complexity index is 314.